The zero-order valence-corrected chi connectivity index (χ0v) is 13.7. The molecule has 1 aromatic rings. The second-order valence-corrected chi connectivity index (χ2v) is 6.18. The van der Waals surface area contributed by atoms with Crippen molar-refractivity contribution in [3.63, 3.8) is 0 Å². The van der Waals surface area contributed by atoms with E-state index in [9.17, 15) is 18.0 Å². The number of carbonyl (C=O) groups excluding carboxylic acids is 1. The van der Waals surface area contributed by atoms with Gasteiger partial charge in [-0.25, -0.2) is 0 Å². The number of ether oxygens (including phenoxy) is 2. The molecule has 1 fully saturated rings. The summed E-state index contributed by atoms with van der Waals surface area (Å²) in [7, 11) is 0. The minimum absolute atomic E-state index is 0.0615. The van der Waals surface area contributed by atoms with E-state index in [2.05, 4.69) is 10.1 Å². The quantitative estimate of drug-likeness (QED) is 0.838. The van der Waals surface area contributed by atoms with Crippen LogP contribution >= 0.6 is 11.6 Å². The Morgan fingerprint density at radius 3 is 2.50 bits per heavy atom. The molecule has 0 spiro atoms. The second-order valence-electron chi connectivity index (χ2n) is 5.77. The summed E-state index contributed by atoms with van der Waals surface area (Å²) in [6.45, 7) is 2.71. The first-order chi connectivity index (χ1) is 11.1. The molecule has 1 aliphatic heterocycles. The lowest BCUT2D eigenvalue weighted by molar-refractivity contribution is -0.274. The Labute approximate surface area is 142 Å². The van der Waals surface area contributed by atoms with Crippen molar-refractivity contribution < 1.29 is 27.4 Å². The van der Waals surface area contributed by atoms with Crippen molar-refractivity contribution in [3.05, 3.63) is 23.2 Å². The third-order valence-electron chi connectivity index (χ3n) is 4.11. The van der Waals surface area contributed by atoms with Crippen molar-refractivity contribution in [3.8, 4) is 5.75 Å². The highest BCUT2D eigenvalue weighted by Gasteiger charge is 2.40. The number of anilines is 1. The van der Waals surface area contributed by atoms with Crippen molar-refractivity contribution in [1.29, 1.82) is 0 Å². The molecule has 1 aromatic carbocycles. The zero-order valence-electron chi connectivity index (χ0n) is 13.0. The fourth-order valence-electron chi connectivity index (χ4n) is 2.73. The predicted molar refractivity (Wildman–Crippen MR) is 82.9 cm³/mol. The lowest BCUT2D eigenvalue weighted by atomic mass is 9.79. The topological polar surface area (TPSA) is 73.6 Å². The highest BCUT2D eigenvalue weighted by molar-refractivity contribution is 6.32. The summed E-state index contributed by atoms with van der Waals surface area (Å²) in [5, 5.41) is 2.78. The Kier molecular flexibility index (Phi) is 5.49. The first-order valence-electron chi connectivity index (χ1n) is 7.33. The monoisotopic (exact) mass is 366 g/mol. The summed E-state index contributed by atoms with van der Waals surface area (Å²) >= 11 is 5.83. The van der Waals surface area contributed by atoms with Crippen LogP contribution in [0.5, 0.6) is 5.75 Å². The van der Waals surface area contributed by atoms with Gasteiger partial charge in [-0.15, -0.1) is 13.2 Å². The van der Waals surface area contributed by atoms with Gasteiger partial charge in [-0.2, -0.15) is 0 Å². The summed E-state index contributed by atoms with van der Waals surface area (Å²) in [4.78, 5) is 12.0. The van der Waals surface area contributed by atoms with Gasteiger partial charge in [-0.3, -0.25) is 4.79 Å². The van der Waals surface area contributed by atoms with Crippen LogP contribution in [0.1, 0.15) is 19.8 Å². The summed E-state index contributed by atoms with van der Waals surface area (Å²) in [6, 6.07) is 3.71. The van der Waals surface area contributed by atoms with Crippen molar-refractivity contribution in [2.24, 2.45) is 11.7 Å². The van der Waals surface area contributed by atoms with E-state index in [1.807, 2.05) is 0 Å². The van der Waals surface area contributed by atoms with Crippen molar-refractivity contribution in [2.75, 3.05) is 18.5 Å². The Balaban J connectivity index is 2.20. The van der Waals surface area contributed by atoms with Crippen LogP contribution in [0.3, 0.4) is 0 Å². The van der Waals surface area contributed by atoms with Crippen LogP contribution in [-0.2, 0) is 9.53 Å². The lowest BCUT2D eigenvalue weighted by Crippen LogP contribution is -2.54. The number of nitrogens with one attached hydrogen (secondary N) is 1. The first-order valence-corrected chi connectivity index (χ1v) is 7.71. The molecule has 134 valence electrons. The number of rotatable bonds is 5. The maximum absolute atomic E-state index is 12.3. The molecule has 1 atom stereocenters. The van der Waals surface area contributed by atoms with Crippen molar-refractivity contribution >= 4 is 23.2 Å². The molecule has 1 heterocycles. The standard InChI is InChI=1S/C15H18ClF3N2O3/c1-14(13(20)22,9-4-6-23-7-5-9)21-10-2-3-12(11(16)8-10)24-15(17,18)19/h2-3,8-9,21H,4-7H2,1H3,(H2,20,22). The maximum Gasteiger partial charge on any atom is 0.573 e. The number of benzene rings is 1. The molecule has 1 amide bonds. The van der Waals surface area contributed by atoms with Crippen molar-refractivity contribution in [1.82, 2.24) is 0 Å². The van der Waals surface area contributed by atoms with Crippen LogP contribution in [0.4, 0.5) is 18.9 Å². The average molecular weight is 367 g/mol. The third kappa shape index (κ3) is 4.45. The van der Waals surface area contributed by atoms with E-state index >= 15 is 0 Å². The van der Waals surface area contributed by atoms with Crippen LogP contribution in [0, 0.1) is 5.92 Å². The number of halogens is 4. The Hall–Kier alpha value is -1.67. The molecule has 9 heteroatoms. The second kappa shape index (κ2) is 7.06. The molecule has 2 rings (SSSR count). The fraction of sp³-hybridized carbons (Fsp3) is 0.533. The summed E-state index contributed by atoms with van der Waals surface area (Å²) in [5.74, 6) is -1.13. The third-order valence-corrected chi connectivity index (χ3v) is 4.41. The number of hydrogen-bond acceptors (Lipinski definition) is 4. The van der Waals surface area contributed by atoms with E-state index in [4.69, 9.17) is 22.1 Å². The van der Waals surface area contributed by atoms with Crippen LogP contribution in [0.2, 0.25) is 5.02 Å². The van der Waals surface area contributed by atoms with Gasteiger partial charge in [-0.1, -0.05) is 11.6 Å². The zero-order chi connectivity index (χ0) is 18.0. The molecule has 24 heavy (non-hydrogen) atoms. The summed E-state index contributed by atoms with van der Waals surface area (Å²) in [6.07, 6.45) is -3.53. The number of alkyl halides is 3. The smallest absolute Gasteiger partial charge is 0.404 e. The predicted octanol–water partition coefficient (Wildman–Crippen LogP) is 3.32. The molecule has 0 bridgehead atoms. The first kappa shape index (κ1) is 18.7. The van der Waals surface area contributed by atoms with Gasteiger partial charge < -0.3 is 20.5 Å². The van der Waals surface area contributed by atoms with Crippen molar-refractivity contribution in [2.45, 2.75) is 31.7 Å². The Bertz CT molecular complexity index is 606. The molecule has 3 N–H and O–H groups in total. The minimum atomic E-state index is -4.83. The molecule has 0 radical (unpaired) electrons. The highest BCUT2D eigenvalue weighted by Crippen LogP contribution is 2.35. The molecular weight excluding hydrogens is 349 g/mol. The SMILES string of the molecule is CC(Nc1ccc(OC(F)(F)F)c(Cl)c1)(C(N)=O)C1CCOCC1. The largest absolute Gasteiger partial charge is 0.573 e. The van der Waals surface area contributed by atoms with Gasteiger partial charge in [-0.05, 0) is 43.9 Å². The number of nitrogens with two attached hydrogens (primary N) is 1. The molecular formula is C15H18ClF3N2O3. The fourth-order valence-corrected chi connectivity index (χ4v) is 2.94. The lowest BCUT2D eigenvalue weighted by Gasteiger charge is -2.38. The summed E-state index contributed by atoms with van der Waals surface area (Å²) < 4.78 is 45.9. The number of amides is 1. The van der Waals surface area contributed by atoms with E-state index in [0.717, 1.165) is 6.07 Å². The van der Waals surface area contributed by atoms with Gasteiger partial charge in [0.05, 0.1) is 5.02 Å². The number of hydrogen-bond donors (Lipinski definition) is 2. The molecule has 1 saturated heterocycles. The summed E-state index contributed by atoms with van der Waals surface area (Å²) in [5.41, 5.74) is 4.86. The average Bonchev–Trinajstić information content (AvgIpc) is 2.49. The van der Waals surface area contributed by atoms with E-state index in [-0.39, 0.29) is 10.9 Å². The van der Waals surface area contributed by atoms with Crippen LogP contribution < -0.4 is 15.8 Å². The van der Waals surface area contributed by atoms with Gasteiger partial charge in [0.2, 0.25) is 5.91 Å². The van der Waals surface area contributed by atoms with Gasteiger partial charge in [0.1, 0.15) is 11.3 Å². The van der Waals surface area contributed by atoms with E-state index < -0.39 is 23.6 Å². The molecule has 1 unspecified atom stereocenters. The molecule has 0 saturated carbocycles. The van der Waals surface area contributed by atoms with E-state index in [0.29, 0.717) is 31.7 Å². The molecule has 0 aliphatic carbocycles. The van der Waals surface area contributed by atoms with E-state index in [1.165, 1.54) is 12.1 Å². The van der Waals surface area contributed by atoms with Gasteiger partial charge >= 0.3 is 6.36 Å². The molecule has 0 aromatic heterocycles. The normalized spacial score (nSPS) is 18.7. The van der Waals surface area contributed by atoms with Crippen LogP contribution in [-0.4, -0.2) is 31.0 Å². The van der Waals surface area contributed by atoms with Gasteiger partial charge in [0.25, 0.3) is 0 Å². The van der Waals surface area contributed by atoms with E-state index in [1.54, 1.807) is 6.92 Å². The Morgan fingerprint density at radius 1 is 1.38 bits per heavy atom. The number of primary amides is 1. The van der Waals surface area contributed by atoms with Gasteiger partial charge in [0.15, 0.2) is 0 Å². The maximum atomic E-state index is 12.3. The van der Waals surface area contributed by atoms with Gasteiger partial charge in [0, 0.05) is 18.9 Å². The van der Waals surface area contributed by atoms with Crippen LogP contribution in [0.15, 0.2) is 18.2 Å². The van der Waals surface area contributed by atoms with Crippen LogP contribution in [0.25, 0.3) is 0 Å². The number of carbonyl (C=O) groups is 1. The molecule has 1 aliphatic rings. The minimum Gasteiger partial charge on any atom is -0.404 e. The highest BCUT2D eigenvalue weighted by atomic mass is 35.5. The Morgan fingerprint density at radius 2 is 2.00 bits per heavy atom. The molecule has 5 nitrogen and oxygen atoms in total.